The Morgan fingerprint density at radius 2 is 1.71 bits per heavy atom. The van der Waals surface area contributed by atoms with Crippen molar-refractivity contribution in [3.8, 4) is 11.6 Å². The van der Waals surface area contributed by atoms with Crippen molar-refractivity contribution in [3.63, 3.8) is 0 Å². The van der Waals surface area contributed by atoms with E-state index in [4.69, 9.17) is 4.74 Å². The molecule has 3 nitrogen and oxygen atoms in total. The molecule has 1 heterocycles. The maximum absolute atomic E-state index is 5.68. The summed E-state index contributed by atoms with van der Waals surface area (Å²) in [5, 5.41) is 7.79. The van der Waals surface area contributed by atoms with Crippen LogP contribution in [0.2, 0.25) is 0 Å². The average molecular weight is 293 g/mol. The van der Waals surface area contributed by atoms with Gasteiger partial charge >= 0.3 is 0 Å². The van der Waals surface area contributed by atoms with Gasteiger partial charge in [-0.25, -0.2) is 0 Å². The van der Waals surface area contributed by atoms with Gasteiger partial charge in [0, 0.05) is 10.5 Å². The second kappa shape index (κ2) is 4.84. The molecular weight excluding hydrogens is 280 g/mol. The Morgan fingerprint density at radius 1 is 1.06 bits per heavy atom. The van der Waals surface area contributed by atoms with Gasteiger partial charge in [-0.2, -0.15) is 5.10 Å². The van der Waals surface area contributed by atoms with Crippen LogP contribution in [0.3, 0.4) is 0 Å². The van der Waals surface area contributed by atoms with Gasteiger partial charge in [0.1, 0.15) is 5.75 Å². The highest BCUT2D eigenvalue weighted by molar-refractivity contribution is 9.10. The van der Waals surface area contributed by atoms with Crippen LogP contribution >= 0.6 is 15.9 Å². The van der Waals surface area contributed by atoms with Crippen LogP contribution in [-0.4, -0.2) is 10.2 Å². The highest BCUT2D eigenvalue weighted by Gasteiger charge is 2.05. The van der Waals surface area contributed by atoms with Crippen molar-refractivity contribution >= 4 is 15.9 Å². The van der Waals surface area contributed by atoms with Gasteiger partial charge in [0.25, 0.3) is 0 Å². The van der Waals surface area contributed by atoms with E-state index in [9.17, 15) is 0 Å². The number of hydrogen-bond acceptors (Lipinski definition) is 3. The fourth-order valence-corrected chi connectivity index (χ4v) is 1.80. The molecule has 1 aromatic heterocycles. The first-order valence-electron chi connectivity index (χ1n) is 5.30. The number of rotatable bonds is 2. The maximum atomic E-state index is 5.68. The van der Waals surface area contributed by atoms with E-state index in [1.54, 1.807) is 6.20 Å². The molecule has 4 heteroatoms. The van der Waals surface area contributed by atoms with E-state index in [1.165, 1.54) is 0 Å². The molecule has 17 heavy (non-hydrogen) atoms. The number of aromatic nitrogens is 2. The SMILES string of the molecule is Cc1cnnc(Oc2cc(C)c(Br)c(C)c2)c1. The van der Waals surface area contributed by atoms with Crippen molar-refractivity contribution in [2.24, 2.45) is 0 Å². The Balaban J connectivity index is 2.31. The summed E-state index contributed by atoms with van der Waals surface area (Å²) in [5.41, 5.74) is 3.31. The molecule has 0 aliphatic carbocycles. The zero-order chi connectivity index (χ0) is 12.4. The monoisotopic (exact) mass is 292 g/mol. The number of ether oxygens (including phenoxy) is 1. The van der Waals surface area contributed by atoms with Crippen molar-refractivity contribution in [1.82, 2.24) is 10.2 Å². The lowest BCUT2D eigenvalue weighted by atomic mass is 10.1. The zero-order valence-corrected chi connectivity index (χ0v) is 11.6. The second-order valence-corrected chi connectivity index (χ2v) is 4.84. The van der Waals surface area contributed by atoms with Crippen LogP contribution in [0.1, 0.15) is 16.7 Å². The van der Waals surface area contributed by atoms with Gasteiger partial charge in [0.2, 0.25) is 5.88 Å². The maximum Gasteiger partial charge on any atom is 0.239 e. The molecule has 0 fully saturated rings. The lowest BCUT2D eigenvalue weighted by Crippen LogP contribution is -1.92. The van der Waals surface area contributed by atoms with E-state index in [0.29, 0.717) is 5.88 Å². The molecule has 2 aromatic rings. The lowest BCUT2D eigenvalue weighted by molar-refractivity contribution is 0.454. The van der Waals surface area contributed by atoms with Crippen LogP contribution in [0, 0.1) is 20.8 Å². The molecule has 0 atom stereocenters. The van der Waals surface area contributed by atoms with Gasteiger partial charge in [0.15, 0.2) is 0 Å². The third kappa shape index (κ3) is 2.82. The molecule has 2 rings (SSSR count). The molecule has 0 N–H and O–H groups in total. The molecule has 88 valence electrons. The van der Waals surface area contributed by atoms with Crippen molar-refractivity contribution in [2.45, 2.75) is 20.8 Å². The van der Waals surface area contributed by atoms with Crippen LogP contribution < -0.4 is 4.74 Å². The Labute approximate surface area is 109 Å². The molecule has 0 aliphatic heterocycles. The molecule has 0 amide bonds. The Hall–Kier alpha value is -1.42. The minimum absolute atomic E-state index is 0.520. The fraction of sp³-hybridized carbons (Fsp3) is 0.231. The van der Waals surface area contributed by atoms with Gasteiger partial charge in [0.05, 0.1) is 6.20 Å². The van der Waals surface area contributed by atoms with Crippen molar-refractivity contribution in [2.75, 3.05) is 0 Å². The summed E-state index contributed by atoms with van der Waals surface area (Å²) in [4.78, 5) is 0. The topological polar surface area (TPSA) is 35.0 Å². The van der Waals surface area contributed by atoms with Crippen molar-refractivity contribution in [1.29, 1.82) is 0 Å². The molecule has 1 aromatic carbocycles. The summed E-state index contributed by atoms with van der Waals surface area (Å²) in [5.74, 6) is 1.30. The number of benzene rings is 1. The fourth-order valence-electron chi connectivity index (χ4n) is 1.57. The second-order valence-electron chi connectivity index (χ2n) is 4.04. The number of halogens is 1. The summed E-state index contributed by atoms with van der Waals surface area (Å²) >= 11 is 3.53. The zero-order valence-electron chi connectivity index (χ0n) is 9.99. The molecule has 0 saturated heterocycles. The van der Waals surface area contributed by atoms with Gasteiger partial charge in [-0.05, 0) is 49.6 Å². The summed E-state index contributed by atoms with van der Waals surface area (Å²) in [6, 6.07) is 5.81. The van der Waals surface area contributed by atoms with E-state index in [0.717, 1.165) is 26.9 Å². The molecule has 0 unspecified atom stereocenters. The van der Waals surface area contributed by atoms with E-state index in [-0.39, 0.29) is 0 Å². The van der Waals surface area contributed by atoms with Crippen molar-refractivity contribution < 1.29 is 4.74 Å². The lowest BCUT2D eigenvalue weighted by Gasteiger charge is -2.08. The molecule has 0 radical (unpaired) electrons. The third-order valence-electron chi connectivity index (χ3n) is 2.40. The average Bonchev–Trinajstić information content (AvgIpc) is 2.26. The Bertz CT molecular complexity index is 532. The normalized spacial score (nSPS) is 10.4. The van der Waals surface area contributed by atoms with Crippen LogP contribution in [0.5, 0.6) is 11.6 Å². The van der Waals surface area contributed by atoms with Gasteiger partial charge < -0.3 is 4.74 Å². The largest absolute Gasteiger partial charge is 0.437 e. The van der Waals surface area contributed by atoms with Gasteiger partial charge in [-0.1, -0.05) is 15.9 Å². The molecule has 0 aliphatic rings. The minimum atomic E-state index is 0.520. The smallest absolute Gasteiger partial charge is 0.239 e. The molecule has 0 spiro atoms. The predicted octanol–water partition coefficient (Wildman–Crippen LogP) is 3.96. The van der Waals surface area contributed by atoms with Crippen LogP contribution in [-0.2, 0) is 0 Å². The Kier molecular flexibility index (Phi) is 3.43. The first kappa shape index (κ1) is 12.0. The van der Waals surface area contributed by atoms with E-state index in [1.807, 2.05) is 39.0 Å². The number of aryl methyl sites for hydroxylation is 3. The summed E-state index contributed by atoms with van der Waals surface area (Å²) in [6.45, 7) is 6.03. The first-order valence-corrected chi connectivity index (χ1v) is 6.09. The third-order valence-corrected chi connectivity index (χ3v) is 3.65. The molecular formula is C13H13BrN2O. The quantitative estimate of drug-likeness (QED) is 0.840. The van der Waals surface area contributed by atoms with Crippen LogP contribution in [0.25, 0.3) is 0 Å². The van der Waals surface area contributed by atoms with E-state index in [2.05, 4.69) is 26.1 Å². The standard InChI is InChI=1S/C13H13BrN2O/c1-8-4-12(16-15-7-8)17-11-5-9(2)13(14)10(3)6-11/h4-7H,1-3H3. The predicted molar refractivity (Wildman–Crippen MR) is 70.5 cm³/mol. The Morgan fingerprint density at radius 3 is 2.29 bits per heavy atom. The van der Waals surface area contributed by atoms with Gasteiger partial charge in [-0.15, -0.1) is 5.10 Å². The molecule has 0 bridgehead atoms. The summed E-state index contributed by atoms with van der Waals surface area (Å²) < 4.78 is 6.79. The number of hydrogen-bond donors (Lipinski definition) is 0. The summed E-state index contributed by atoms with van der Waals surface area (Å²) in [7, 11) is 0. The first-order chi connectivity index (χ1) is 8.06. The highest BCUT2D eigenvalue weighted by atomic mass is 79.9. The van der Waals surface area contributed by atoms with Crippen molar-refractivity contribution in [3.05, 3.63) is 45.6 Å². The highest BCUT2D eigenvalue weighted by Crippen LogP contribution is 2.28. The summed E-state index contributed by atoms with van der Waals surface area (Å²) in [6.07, 6.45) is 1.70. The van der Waals surface area contributed by atoms with Gasteiger partial charge in [-0.3, -0.25) is 0 Å². The van der Waals surface area contributed by atoms with E-state index < -0.39 is 0 Å². The molecule has 0 saturated carbocycles. The van der Waals surface area contributed by atoms with E-state index >= 15 is 0 Å². The minimum Gasteiger partial charge on any atom is -0.437 e. The van der Waals surface area contributed by atoms with Crippen LogP contribution in [0.4, 0.5) is 0 Å². The van der Waals surface area contributed by atoms with Crippen LogP contribution in [0.15, 0.2) is 28.9 Å². The number of nitrogens with zero attached hydrogens (tertiary/aromatic N) is 2.